The van der Waals surface area contributed by atoms with Crippen molar-refractivity contribution in [1.82, 2.24) is 0 Å². The second kappa shape index (κ2) is 11.0. The molecule has 1 aliphatic heterocycles. The Labute approximate surface area is 173 Å². The minimum atomic E-state index is -0.893. The van der Waals surface area contributed by atoms with Gasteiger partial charge in [0.2, 0.25) is 0 Å². The zero-order chi connectivity index (χ0) is 22.1. The second-order valence-corrected chi connectivity index (χ2v) is 6.46. The number of nitrogens with zero attached hydrogens (tertiary/aromatic N) is 3. The smallest absolute Gasteiger partial charge is 0.338 e. The van der Waals surface area contributed by atoms with Crippen LogP contribution in [-0.2, 0) is 28.5 Å². The van der Waals surface area contributed by atoms with Crippen molar-refractivity contribution in [2.75, 3.05) is 25.1 Å². The number of hydrogen-bond acceptors (Lipinski definition) is 9. The van der Waals surface area contributed by atoms with Gasteiger partial charge < -0.3 is 24.3 Å². The van der Waals surface area contributed by atoms with Crippen molar-refractivity contribution in [2.45, 2.75) is 45.1 Å². The molecule has 1 heterocycles. The number of carbonyl (C=O) groups excluding carboxylic acids is 3. The lowest BCUT2D eigenvalue weighted by Crippen LogP contribution is -2.38. The lowest BCUT2D eigenvalue weighted by atomic mass is 10.1. The minimum Gasteiger partial charge on any atom is -0.463 e. The number of nitrogens with one attached hydrogen (secondary N) is 1. The molecule has 0 saturated carbocycles. The third-order valence-electron chi connectivity index (χ3n) is 4.27. The molecule has 0 spiro atoms. The van der Waals surface area contributed by atoms with Gasteiger partial charge in [0.15, 0.2) is 0 Å². The fraction of sp³-hybridized carbons (Fsp3) is 0.526. The van der Waals surface area contributed by atoms with Crippen LogP contribution in [-0.4, -0.2) is 62.0 Å². The summed E-state index contributed by atoms with van der Waals surface area (Å²) in [7, 11) is 0. The van der Waals surface area contributed by atoms with E-state index in [1.54, 1.807) is 31.2 Å². The first-order valence-electron chi connectivity index (χ1n) is 9.37. The van der Waals surface area contributed by atoms with E-state index in [0.717, 1.165) is 0 Å². The molecule has 11 nitrogen and oxygen atoms in total. The summed E-state index contributed by atoms with van der Waals surface area (Å²) < 4.78 is 21.0. The summed E-state index contributed by atoms with van der Waals surface area (Å²) in [6, 6.07) is 5.82. The number of rotatable bonds is 9. The quantitative estimate of drug-likeness (QED) is 0.210. The lowest BCUT2D eigenvalue weighted by molar-refractivity contribution is -0.155. The van der Waals surface area contributed by atoms with E-state index in [1.165, 1.54) is 13.8 Å². The molecule has 0 aromatic heterocycles. The van der Waals surface area contributed by atoms with Crippen molar-refractivity contribution in [3.63, 3.8) is 0 Å². The van der Waals surface area contributed by atoms with Gasteiger partial charge in [-0.2, -0.15) is 0 Å². The van der Waals surface area contributed by atoms with Gasteiger partial charge in [-0.15, -0.1) is 0 Å². The monoisotopic (exact) mass is 420 g/mol. The first kappa shape index (κ1) is 23.0. The number of esters is 3. The zero-order valence-corrected chi connectivity index (χ0v) is 16.9. The van der Waals surface area contributed by atoms with Gasteiger partial charge in [-0.25, -0.2) is 4.79 Å². The molecule has 162 valence electrons. The molecule has 1 aromatic rings. The van der Waals surface area contributed by atoms with E-state index < -0.39 is 42.3 Å². The highest BCUT2D eigenvalue weighted by Gasteiger charge is 2.46. The molecule has 0 aliphatic carbocycles. The van der Waals surface area contributed by atoms with E-state index in [0.29, 0.717) is 11.3 Å². The molecular formula is C19H24N4O7. The van der Waals surface area contributed by atoms with Gasteiger partial charge in [0.05, 0.1) is 18.3 Å². The maximum Gasteiger partial charge on any atom is 0.338 e. The predicted molar refractivity (Wildman–Crippen MR) is 105 cm³/mol. The van der Waals surface area contributed by atoms with Gasteiger partial charge in [-0.05, 0) is 36.7 Å². The van der Waals surface area contributed by atoms with Crippen molar-refractivity contribution in [3.05, 3.63) is 40.3 Å². The summed E-state index contributed by atoms with van der Waals surface area (Å²) in [5.74, 6) is -1.49. The maximum atomic E-state index is 11.7. The first-order valence-corrected chi connectivity index (χ1v) is 9.37. The Balaban J connectivity index is 2.08. The maximum absolute atomic E-state index is 11.7. The molecule has 1 aliphatic rings. The van der Waals surface area contributed by atoms with Gasteiger partial charge in [0.25, 0.3) is 0 Å². The molecule has 0 bridgehead atoms. The number of anilines is 1. The summed E-state index contributed by atoms with van der Waals surface area (Å²) in [5, 5.41) is 6.85. The first-order chi connectivity index (χ1) is 14.3. The average molecular weight is 420 g/mol. The normalized spacial score (nSPS) is 22.5. The number of carbonyl (C=O) groups is 3. The van der Waals surface area contributed by atoms with Crippen LogP contribution in [0.25, 0.3) is 10.4 Å². The van der Waals surface area contributed by atoms with E-state index in [4.69, 9.17) is 24.5 Å². The number of ether oxygens (including phenoxy) is 4. The molecule has 4 atom stereocenters. The van der Waals surface area contributed by atoms with Crippen LogP contribution < -0.4 is 5.32 Å². The van der Waals surface area contributed by atoms with Gasteiger partial charge >= 0.3 is 17.9 Å². The average Bonchev–Trinajstić information content (AvgIpc) is 3.01. The van der Waals surface area contributed by atoms with Crippen LogP contribution in [0.15, 0.2) is 29.4 Å². The topological polar surface area (TPSA) is 149 Å². The Bertz CT molecular complexity index is 808. The summed E-state index contributed by atoms with van der Waals surface area (Å²) in [6.07, 6.45) is -2.31. The Kier molecular flexibility index (Phi) is 8.45. The summed E-state index contributed by atoms with van der Waals surface area (Å²) in [5.41, 5.74) is 10.0. The minimum absolute atomic E-state index is 0.143. The molecule has 30 heavy (non-hydrogen) atoms. The van der Waals surface area contributed by atoms with Gasteiger partial charge in [0.1, 0.15) is 24.9 Å². The zero-order valence-electron chi connectivity index (χ0n) is 16.9. The molecule has 0 unspecified atom stereocenters. The highest BCUT2D eigenvalue weighted by Crippen LogP contribution is 2.28. The van der Waals surface area contributed by atoms with Crippen molar-refractivity contribution < 1.29 is 33.3 Å². The Morgan fingerprint density at radius 2 is 1.83 bits per heavy atom. The van der Waals surface area contributed by atoms with E-state index in [-0.39, 0.29) is 19.8 Å². The Morgan fingerprint density at radius 3 is 2.40 bits per heavy atom. The number of benzene rings is 1. The van der Waals surface area contributed by atoms with E-state index in [9.17, 15) is 14.4 Å². The van der Waals surface area contributed by atoms with Crippen molar-refractivity contribution in [2.24, 2.45) is 5.11 Å². The highest BCUT2D eigenvalue weighted by atomic mass is 16.6. The molecule has 0 amide bonds. The molecule has 1 saturated heterocycles. The fourth-order valence-corrected chi connectivity index (χ4v) is 3.01. The third-order valence-corrected chi connectivity index (χ3v) is 4.27. The molecule has 1 aromatic carbocycles. The summed E-state index contributed by atoms with van der Waals surface area (Å²) in [4.78, 5) is 37.2. The van der Waals surface area contributed by atoms with Crippen LogP contribution in [0.4, 0.5) is 5.69 Å². The summed E-state index contributed by atoms with van der Waals surface area (Å²) >= 11 is 0. The van der Waals surface area contributed by atoms with E-state index in [1.807, 2.05) is 0 Å². The molecule has 11 heteroatoms. The largest absolute Gasteiger partial charge is 0.463 e. The van der Waals surface area contributed by atoms with Crippen molar-refractivity contribution in [1.29, 1.82) is 0 Å². The molecule has 0 radical (unpaired) electrons. The lowest BCUT2D eigenvalue weighted by Gasteiger charge is -2.20. The SMILES string of the molecule is CCOC(=O)c1ccc(NC[C@H]2O[C@H](COC(C)=O)[C@@H](OC(C)=O)[C@H]2N=[N+]=[N-])cc1. The third kappa shape index (κ3) is 6.36. The fourth-order valence-electron chi connectivity index (χ4n) is 3.01. The van der Waals surface area contributed by atoms with Crippen molar-refractivity contribution in [3.8, 4) is 0 Å². The Morgan fingerprint density at radius 1 is 1.13 bits per heavy atom. The Hall–Kier alpha value is -3.30. The summed E-state index contributed by atoms with van der Waals surface area (Å²) in [6.45, 7) is 4.57. The van der Waals surface area contributed by atoms with Crippen LogP contribution in [0.5, 0.6) is 0 Å². The predicted octanol–water partition coefficient (Wildman–Crippen LogP) is 2.22. The standard InChI is InChI=1S/C19H24N4O7/c1-4-27-19(26)13-5-7-14(8-6-13)21-9-15-17(22-23-20)18(29-12(3)25)16(30-15)10-28-11(2)24/h5-8,15-18,21H,4,9-10H2,1-3H3/t15-,16-,17+,18-/m1/s1. The van der Waals surface area contributed by atoms with Gasteiger partial charge in [0, 0.05) is 31.0 Å². The molecule has 2 rings (SSSR count). The van der Waals surface area contributed by atoms with Crippen molar-refractivity contribution >= 4 is 23.6 Å². The molecule has 1 fully saturated rings. The molecule has 1 N–H and O–H groups in total. The van der Waals surface area contributed by atoms with Gasteiger partial charge in [-0.1, -0.05) is 5.11 Å². The van der Waals surface area contributed by atoms with Crippen LogP contribution in [0.3, 0.4) is 0 Å². The van der Waals surface area contributed by atoms with E-state index in [2.05, 4.69) is 15.3 Å². The van der Waals surface area contributed by atoms with Crippen LogP contribution in [0, 0.1) is 0 Å². The highest BCUT2D eigenvalue weighted by molar-refractivity contribution is 5.89. The van der Waals surface area contributed by atoms with Crippen LogP contribution in [0.1, 0.15) is 31.1 Å². The number of azide groups is 1. The number of hydrogen-bond donors (Lipinski definition) is 1. The molecular weight excluding hydrogens is 396 g/mol. The van der Waals surface area contributed by atoms with Crippen LogP contribution in [0.2, 0.25) is 0 Å². The van der Waals surface area contributed by atoms with E-state index >= 15 is 0 Å². The second-order valence-electron chi connectivity index (χ2n) is 6.46. The van der Waals surface area contributed by atoms with Crippen LogP contribution >= 0.6 is 0 Å². The van der Waals surface area contributed by atoms with Gasteiger partial charge in [-0.3, -0.25) is 9.59 Å².